The van der Waals surface area contributed by atoms with Gasteiger partial charge in [-0.15, -0.1) is 0 Å². The third-order valence-corrected chi connectivity index (χ3v) is 13.6. The molecule has 0 radical (unpaired) electrons. The van der Waals surface area contributed by atoms with Crippen LogP contribution in [0.1, 0.15) is 22.3 Å². The zero-order valence-electron chi connectivity index (χ0n) is 34.5. The summed E-state index contributed by atoms with van der Waals surface area (Å²) in [7, 11) is 0. The molecule has 294 valence electrons. The van der Waals surface area contributed by atoms with Crippen LogP contribution in [-0.4, -0.2) is 0 Å². The molecule has 2 heteroatoms. The van der Waals surface area contributed by atoms with Crippen molar-refractivity contribution in [2.45, 2.75) is 5.41 Å². The maximum Gasteiger partial charge on any atom is 0.0727 e. The topological polar surface area (TPSA) is 6.48 Å². The Bertz CT molecular complexity index is 3590. The summed E-state index contributed by atoms with van der Waals surface area (Å²) in [6.07, 6.45) is 0. The molecule has 1 atom stereocenters. The van der Waals surface area contributed by atoms with E-state index in [1.807, 2.05) is 0 Å². The zero-order chi connectivity index (χ0) is 41.5. The molecule has 2 aliphatic carbocycles. The minimum atomic E-state index is -0.558. The smallest absolute Gasteiger partial charge is 0.0727 e. The maximum atomic E-state index is 2.49. The number of anilines is 6. The molecule has 0 fully saturated rings. The first-order valence-corrected chi connectivity index (χ1v) is 21.8. The predicted octanol–water partition coefficient (Wildman–Crippen LogP) is 16.4. The van der Waals surface area contributed by atoms with Gasteiger partial charge in [-0.05, 0) is 138 Å². The van der Waals surface area contributed by atoms with E-state index in [2.05, 4.69) is 252 Å². The summed E-state index contributed by atoms with van der Waals surface area (Å²) < 4.78 is 0. The molecule has 0 amide bonds. The monoisotopic (exact) mass is 800 g/mol. The standard InChI is InChI=1S/C61H40N2/c1-3-19-45(20-4-1)62(48-35-33-43-31-30-42-17-9-10-23-50(42)54(43)39-48)49-36-37-52-51-24-11-13-26-55(51)61(58(52)40-49)56-27-14-12-25-53(56)60-57(61)28-15-29-59(60)63(46-21-5-2-6-22-46)47-34-32-41-16-7-8-18-44(41)38-47/h1-40H. The van der Waals surface area contributed by atoms with Gasteiger partial charge in [0.15, 0.2) is 0 Å². The molecule has 0 N–H and O–H groups in total. The summed E-state index contributed by atoms with van der Waals surface area (Å²) in [5.41, 5.74) is 16.5. The Morgan fingerprint density at radius 2 is 0.762 bits per heavy atom. The van der Waals surface area contributed by atoms with Crippen LogP contribution in [0.15, 0.2) is 243 Å². The lowest BCUT2D eigenvalue weighted by Crippen LogP contribution is -2.26. The molecule has 1 unspecified atom stereocenters. The van der Waals surface area contributed by atoms with Crippen molar-refractivity contribution in [1.82, 2.24) is 0 Å². The maximum absolute atomic E-state index is 2.49. The quantitative estimate of drug-likeness (QED) is 0.155. The van der Waals surface area contributed by atoms with E-state index in [-0.39, 0.29) is 0 Å². The van der Waals surface area contributed by atoms with Crippen LogP contribution in [-0.2, 0) is 5.41 Å². The lowest BCUT2D eigenvalue weighted by molar-refractivity contribution is 0.793. The van der Waals surface area contributed by atoms with Crippen LogP contribution < -0.4 is 9.80 Å². The lowest BCUT2D eigenvalue weighted by Gasteiger charge is -2.33. The molecular formula is C61H40N2. The van der Waals surface area contributed by atoms with Crippen molar-refractivity contribution in [2.24, 2.45) is 0 Å². The fourth-order valence-electron chi connectivity index (χ4n) is 11.0. The second-order valence-electron chi connectivity index (χ2n) is 16.8. The molecule has 2 aliphatic rings. The molecule has 0 aromatic heterocycles. The van der Waals surface area contributed by atoms with Gasteiger partial charge < -0.3 is 9.80 Å². The van der Waals surface area contributed by atoms with Crippen molar-refractivity contribution in [3.05, 3.63) is 265 Å². The van der Waals surface area contributed by atoms with Crippen molar-refractivity contribution in [3.8, 4) is 22.3 Å². The van der Waals surface area contributed by atoms with E-state index in [0.29, 0.717) is 0 Å². The number of fused-ring (bicyclic) bond motifs is 14. The molecule has 11 aromatic carbocycles. The van der Waals surface area contributed by atoms with Crippen molar-refractivity contribution in [3.63, 3.8) is 0 Å². The van der Waals surface area contributed by atoms with E-state index in [1.54, 1.807) is 0 Å². The van der Waals surface area contributed by atoms with Gasteiger partial charge >= 0.3 is 0 Å². The van der Waals surface area contributed by atoms with Gasteiger partial charge in [-0.3, -0.25) is 0 Å². The van der Waals surface area contributed by atoms with Gasteiger partial charge in [-0.2, -0.15) is 0 Å². The van der Waals surface area contributed by atoms with Crippen molar-refractivity contribution in [1.29, 1.82) is 0 Å². The zero-order valence-corrected chi connectivity index (χ0v) is 34.5. The first-order chi connectivity index (χ1) is 31.3. The van der Waals surface area contributed by atoms with E-state index >= 15 is 0 Å². The van der Waals surface area contributed by atoms with Crippen LogP contribution >= 0.6 is 0 Å². The number of benzene rings is 11. The Morgan fingerprint density at radius 3 is 1.54 bits per heavy atom. The second kappa shape index (κ2) is 13.9. The molecule has 2 nitrogen and oxygen atoms in total. The van der Waals surface area contributed by atoms with Crippen LogP contribution in [0.3, 0.4) is 0 Å². The normalized spacial score (nSPS) is 14.4. The Labute approximate surface area is 367 Å². The summed E-state index contributed by atoms with van der Waals surface area (Å²) in [6.45, 7) is 0. The highest BCUT2D eigenvalue weighted by Crippen LogP contribution is 2.65. The average molecular weight is 801 g/mol. The summed E-state index contributed by atoms with van der Waals surface area (Å²) in [5.74, 6) is 0. The lowest BCUT2D eigenvalue weighted by atomic mass is 9.70. The van der Waals surface area contributed by atoms with E-state index in [4.69, 9.17) is 0 Å². The Morgan fingerprint density at radius 1 is 0.254 bits per heavy atom. The summed E-state index contributed by atoms with van der Waals surface area (Å²) in [4.78, 5) is 4.90. The van der Waals surface area contributed by atoms with Gasteiger partial charge in [0, 0.05) is 34.0 Å². The highest BCUT2D eigenvalue weighted by atomic mass is 15.1. The van der Waals surface area contributed by atoms with E-state index in [9.17, 15) is 0 Å². The highest BCUT2D eigenvalue weighted by Gasteiger charge is 2.52. The molecule has 0 heterocycles. The Hall–Kier alpha value is -8.20. The van der Waals surface area contributed by atoms with E-state index in [0.717, 1.165) is 34.1 Å². The van der Waals surface area contributed by atoms with Crippen LogP contribution in [0.4, 0.5) is 34.1 Å². The molecule has 0 aliphatic heterocycles. The van der Waals surface area contributed by atoms with Crippen LogP contribution in [0.2, 0.25) is 0 Å². The van der Waals surface area contributed by atoms with E-state index < -0.39 is 5.41 Å². The third-order valence-electron chi connectivity index (χ3n) is 13.6. The molecular weight excluding hydrogens is 761 g/mol. The molecule has 63 heavy (non-hydrogen) atoms. The second-order valence-corrected chi connectivity index (χ2v) is 16.8. The fraction of sp³-hybridized carbons (Fsp3) is 0.0164. The number of nitrogens with zero attached hydrogens (tertiary/aromatic N) is 2. The Kier molecular flexibility index (Phi) is 7.85. The average Bonchev–Trinajstić information content (AvgIpc) is 3.82. The van der Waals surface area contributed by atoms with Gasteiger partial charge in [0.05, 0.1) is 11.1 Å². The first kappa shape index (κ1) is 35.5. The minimum absolute atomic E-state index is 0.558. The van der Waals surface area contributed by atoms with Crippen LogP contribution in [0.5, 0.6) is 0 Å². The Balaban J connectivity index is 1.07. The fourth-order valence-corrected chi connectivity index (χ4v) is 11.0. The molecule has 0 saturated carbocycles. The number of hydrogen-bond acceptors (Lipinski definition) is 2. The predicted molar refractivity (Wildman–Crippen MR) is 265 cm³/mol. The molecule has 1 spiro atoms. The van der Waals surface area contributed by atoms with Gasteiger partial charge in [-0.25, -0.2) is 0 Å². The number of para-hydroxylation sites is 2. The SMILES string of the molecule is c1ccc(N(c2ccc3c(c2)C2(c4ccccc4-3)c3ccccc3-c3c(N(c4ccccc4)c4ccc5ccccc5c4)cccc32)c2ccc3ccc4ccccc4c3c2)cc1. The summed E-state index contributed by atoms with van der Waals surface area (Å²) >= 11 is 0. The van der Waals surface area contributed by atoms with E-state index in [1.165, 1.54) is 76.8 Å². The van der Waals surface area contributed by atoms with Gasteiger partial charge in [-0.1, -0.05) is 176 Å². The van der Waals surface area contributed by atoms with Gasteiger partial charge in [0.25, 0.3) is 0 Å². The van der Waals surface area contributed by atoms with Crippen LogP contribution in [0, 0.1) is 0 Å². The number of rotatable bonds is 6. The summed E-state index contributed by atoms with van der Waals surface area (Å²) in [6, 6.07) is 89.7. The molecule has 11 aromatic rings. The minimum Gasteiger partial charge on any atom is -0.310 e. The highest BCUT2D eigenvalue weighted by molar-refractivity contribution is 6.09. The third kappa shape index (κ3) is 5.25. The first-order valence-electron chi connectivity index (χ1n) is 21.8. The van der Waals surface area contributed by atoms with Crippen LogP contribution in [0.25, 0.3) is 54.6 Å². The molecule has 0 bridgehead atoms. The molecule has 0 saturated heterocycles. The largest absolute Gasteiger partial charge is 0.310 e. The van der Waals surface area contributed by atoms with Gasteiger partial charge in [0.2, 0.25) is 0 Å². The van der Waals surface area contributed by atoms with Gasteiger partial charge in [0.1, 0.15) is 0 Å². The molecule has 13 rings (SSSR count). The van der Waals surface area contributed by atoms with Crippen molar-refractivity contribution >= 4 is 66.4 Å². The van der Waals surface area contributed by atoms with Crippen molar-refractivity contribution in [2.75, 3.05) is 9.80 Å². The summed E-state index contributed by atoms with van der Waals surface area (Å²) in [5, 5.41) is 7.43. The number of hydrogen-bond donors (Lipinski definition) is 0. The van der Waals surface area contributed by atoms with Crippen molar-refractivity contribution < 1.29 is 0 Å².